The van der Waals surface area contributed by atoms with E-state index in [4.69, 9.17) is 15.2 Å². The van der Waals surface area contributed by atoms with Gasteiger partial charge in [0.1, 0.15) is 6.61 Å². The molecule has 3 N–H and O–H groups in total. The quantitative estimate of drug-likeness (QED) is 0.715. The number of carbonyl (C=O) groups is 1. The van der Waals surface area contributed by atoms with E-state index >= 15 is 0 Å². The van der Waals surface area contributed by atoms with Gasteiger partial charge in [-0.3, -0.25) is 4.79 Å². The van der Waals surface area contributed by atoms with Crippen molar-refractivity contribution >= 4 is 11.6 Å². The monoisotopic (exact) mass is 382 g/mol. The summed E-state index contributed by atoms with van der Waals surface area (Å²) < 4.78 is 10.9. The third kappa shape index (κ3) is 5.49. The molecule has 0 radical (unpaired) electrons. The maximum Gasteiger partial charge on any atom is 0.228 e. The second-order valence-electron chi connectivity index (χ2n) is 7.31. The first-order valence-electron chi connectivity index (χ1n) is 10.1. The molecule has 1 amide bonds. The van der Waals surface area contributed by atoms with Gasteiger partial charge in [-0.25, -0.2) is 0 Å². The minimum absolute atomic E-state index is 0.0431. The molecule has 0 aliphatic heterocycles. The van der Waals surface area contributed by atoms with Crippen molar-refractivity contribution in [3.63, 3.8) is 0 Å². The Bertz CT molecular complexity index is 785. The van der Waals surface area contributed by atoms with Crippen LogP contribution in [0.1, 0.15) is 49.1 Å². The third-order valence-electron chi connectivity index (χ3n) is 5.22. The predicted octanol–water partition coefficient (Wildman–Crippen LogP) is 4.26. The van der Waals surface area contributed by atoms with Gasteiger partial charge in [-0.15, -0.1) is 0 Å². The first-order chi connectivity index (χ1) is 13.7. The van der Waals surface area contributed by atoms with Crippen LogP contribution in [0.2, 0.25) is 0 Å². The molecule has 0 spiro atoms. The Morgan fingerprint density at radius 3 is 2.68 bits per heavy atom. The summed E-state index contributed by atoms with van der Waals surface area (Å²) in [5.41, 5.74) is 8.55. The van der Waals surface area contributed by atoms with Gasteiger partial charge in [-0.1, -0.05) is 37.5 Å². The summed E-state index contributed by atoms with van der Waals surface area (Å²) in [7, 11) is 1.59. The molecule has 1 fully saturated rings. The molecule has 1 saturated carbocycles. The van der Waals surface area contributed by atoms with Crippen LogP contribution in [0.3, 0.4) is 0 Å². The number of nitrogens with two attached hydrogens (primary N) is 1. The van der Waals surface area contributed by atoms with Crippen LogP contribution in [0.15, 0.2) is 42.5 Å². The average Bonchev–Trinajstić information content (AvgIpc) is 2.73. The van der Waals surface area contributed by atoms with Gasteiger partial charge in [0.05, 0.1) is 13.5 Å². The molecule has 0 aromatic heterocycles. The Morgan fingerprint density at radius 2 is 1.93 bits per heavy atom. The predicted molar refractivity (Wildman–Crippen MR) is 112 cm³/mol. The number of nitrogens with one attached hydrogen (secondary N) is 1. The Labute approximate surface area is 167 Å². The molecular formula is C23H30N2O3. The highest BCUT2D eigenvalue weighted by molar-refractivity contribution is 5.92. The number of hydrogen-bond donors (Lipinski definition) is 2. The van der Waals surface area contributed by atoms with Crippen molar-refractivity contribution < 1.29 is 14.3 Å². The molecule has 1 aliphatic carbocycles. The van der Waals surface area contributed by atoms with Gasteiger partial charge in [0.15, 0.2) is 11.5 Å². The molecule has 0 saturated heterocycles. The van der Waals surface area contributed by atoms with Crippen LogP contribution in [0.4, 0.5) is 5.69 Å². The van der Waals surface area contributed by atoms with E-state index in [1.54, 1.807) is 7.11 Å². The van der Waals surface area contributed by atoms with Crippen molar-refractivity contribution in [3.05, 3.63) is 53.6 Å². The minimum atomic E-state index is -0.0431. The molecule has 150 valence electrons. The van der Waals surface area contributed by atoms with Crippen LogP contribution in [0.25, 0.3) is 0 Å². The Kier molecular flexibility index (Phi) is 7.31. The highest BCUT2D eigenvalue weighted by Crippen LogP contribution is 2.33. The number of ether oxygens (including phenoxy) is 2. The zero-order valence-electron chi connectivity index (χ0n) is 16.6. The summed E-state index contributed by atoms with van der Waals surface area (Å²) in [6.45, 7) is 0.862. The van der Waals surface area contributed by atoms with Gasteiger partial charge in [0.2, 0.25) is 5.91 Å². The number of benzene rings is 2. The standard InChI is InChI=1S/C23H30N2O3/c1-27-22-14-17(10-11-21(22)28-13-12-24)15-23(26)25-20-9-5-8-19(16-20)18-6-3-2-4-7-18/h5,8-11,14,16,18H,2-4,6-7,12-13,15,24H2,1H3,(H,25,26). The Morgan fingerprint density at radius 1 is 1.11 bits per heavy atom. The first kappa shape index (κ1) is 20.2. The maximum absolute atomic E-state index is 12.5. The van der Waals surface area contributed by atoms with Crippen molar-refractivity contribution in [2.75, 3.05) is 25.6 Å². The van der Waals surface area contributed by atoms with Gasteiger partial charge in [-0.05, 0) is 54.2 Å². The molecular weight excluding hydrogens is 352 g/mol. The van der Waals surface area contributed by atoms with E-state index in [1.807, 2.05) is 30.3 Å². The fraction of sp³-hybridized carbons (Fsp3) is 0.435. The van der Waals surface area contributed by atoms with Gasteiger partial charge in [-0.2, -0.15) is 0 Å². The molecule has 28 heavy (non-hydrogen) atoms. The van der Waals surface area contributed by atoms with Crippen LogP contribution in [-0.2, 0) is 11.2 Å². The SMILES string of the molecule is COc1cc(CC(=O)Nc2cccc(C3CCCCC3)c2)ccc1OCCN. The van der Waals surface area contributed by atoms with E-state index in [0.29, 0.717) is 30.6 Å². The average molecular weight is 383 g/mol. The lowest BCUT2D eigenvalue weighted by atomic mass is 9.84. The molecule has 5 heteroatoms. The third-order valence-corrected chi connectivity index (χ3v) is 5.22. The molecule has 2 aromatic carbocycles. The summed E-state index contributed by atoms with van der Waals surface area (Å²) in [5.74, 6) is 1.82. The van der Waals surface area contributed by atoms with E-state index in [2.05, 4.69) is 17.4 Å². The van der Waals surface area contributed by atoms with Crippen LogP contribution < -0.4 is 20.5 Å². The van der Waals surface area contributed by atoms with Gasteiger partial charge >= 0.3 is 0 Å². The van der Waals surface area contributed by atoms with Crippen molar-refractivity contribution in [2.45, 2.75) is 44.4 Å². The highest BCUT2D eigenvalue weighted by atomic mass is 16.5. The van der Waals surface area contributed by atoms with Crippen molar-refractivity contribution in [1.29, 1.82) is 0 Å². The van der Waals surface area contributed by atoms with Gasteiger partial charge < -0.3 is 20.5 Å². The van der Waals surface area contributed by atoms with Crippen LogP contribution in [-0.4, -0.2) is 26.2 Å². The second kappa shape index (κ2) is 10.1. The molecule has 0 heterocycles. The fourth-order valence-electron chi connectivity index (χ4n) is 3.81. The zero-order valence-corrected chi connectivity index (χ0v) is 16.6. The number of methoxy groups -OCH3 is 1. The lowest BCUT2D eigenvalue weighted by molar-refractivity contribution is -0.115. The molecule has 3 rings (SSSR count). The first-order valence-corrected chi connectivity index (χ1v) is 10.1. The van der Waals surface area contributed by atoms with Gasteiger partial charge in [0.25, 0.3) is 0 Å². The number of carbonyl (C=O) groups excluding carboxylic acids is 1. The fourth-order valence-corrected chi connectivity index (χ4v) is 3.81. The molecule has 0 unspecified atom stereocenters. The molecule has 1 aliphatic rings. The van der Waals surface area contributed by atoms with E-state index in [-0.39, 0.29) is 12.3 Å². The number of rotatable bonds is 8. The van der Waals surface area contributed by atoms with E-state index in [9.17, 15) is 4.79 Å². The second-order valence-corrected chi connectivity index (χ2v) is 7.31. The smallest absolute Gasteiger partial charge is 0.228 e. The van der Waals surface area contributed by atoms with E-state index in [0.717, 1.165) is 11.3 Å². The van der Waals surface area contributed by atoms with Crippen LogP contribution in [0.5, 0.6) is 11.5 Å². The number of hydrogen-bond acceptors (Lipinski definition) is 4. The summed E-state index contributed by atoms with van der Waals surface area (Å²) in [6.07, 6.45) is 6.71. The molecule has 5 nitrogen and oxygen atoms in total. The molecule has 0 atom stereocenters. The summed E-state index contributed by atoms with van der Waals surface area (Å²) in [5, 5.41) is 3.03. The topological polar surface area (TPSA) is 73.6 Å². The molecule has 0 bridgehead atoms. The van der Waals surface area contributed by atoms with Crippen molar-refractivity contribution in [3.8, 4) is 11.5 Å². The maximum atomic E-state index is 12.5. The van der Waals surface area contributed by atoms with Crippen molar-refractivity contribution in [2.24, 2.45) is 5.73 Å². The zero-order chi connectivity index (χ0) is 19.8. The van der Waals surface area contributed by atoms with Crippen LogP contribution in [0, 0.1) is 0 Å². The van der Waals surface area contributed by atoms with Crippen LogP contribution >= 0.6 is 0 Å². The number of amides is 1. The molecule has 2 aromatic rings. The lowest BCUT2D eigenvalue weighted by Crippen LogP contribution is -2.15. The summed E-state index contributed by atoms with van der Waals surface area (Å²) in [4.78, 5) is 12.5. The largest absolute Gasteiger partial charge is 0.493 e. The minimum Gasteiger partial charge on any atom is -0.493 e. The van der Waals surface area contributed by atoms with Crippen molar-refractivity contribution in [1.82, 2.24) is 0 Å². The summed E-state index contributed by atoms with van der Waals surface area (Å²) >= 11 is 0. The summed E-state index contributed by atoms with van der Waals surface area (Å²) in [6, 6.07) is 13.8. The lowest BCUT2D eigenvalue weighted by Gasteiger charge is -2.22. The Hall–Kier alpha value is -2.53. The van der Waals surface area contributed by atoms with Gasteiger partial charge in [0, 0.05) is 12.2 Å². The number of anilines is 1. The normalized spacial score (nSPS) is 14.5. The Balaban J connectivity index is 1.62. The van der Waals surface area contributed by atoms with E-state index in [1.165, 1.54) is 37.7 Å². The van der Waals surface area contributed by atoms with E-state index < -0.39 is 0 Å². The highest BCUT2D eigenvalue weighted by Gasteiger charge is 2.16.